The van der Waals surface area contributed by atoms with Crippen LogP contribution in [0.15, 0.2) is 22.7 Å². The van der Waals surface area contributed by atoms with Gasteiger partial charge in [-0.1, -0.05) is 15.9 Å². The quantitative estimate of drug-likeness (QED) is 0.852. The molecule has 0 fully saturated rings. The SMILES string of the molecule is CC(C)OCCn1nnnc1-c1cc(N)ccc1Br. The van der Waals surface area contributed by atoms with Crippen molar-refractivity contribution >= 4 is 21.6 Å². The standard InChI is InChI=1S/C12H16BrN5O/c1-8(2)19-6-5-18-12(15-16-17-18)10-7-9(14)3-4-11(10)13/h3-4,7-8H,5-6,14H2,1-2H3. The van der Waals surface area contributed by atoms with Crippen LogP contribution in [0, 0.1) is 0 Å². The van der Waals surface area contributed by atoms with E-state index in [-0.39, 0.29) is 6.10 Å². The summed E-state index contributed by atoms with van der Waals surface area (Å²) >= 11 is 3.48. The summed E-state index contributed by atoms with van der Waals surface area (Å²) in [4.78, 5) is 0. The molecule has 1 aromatic carbocycles. The number of tetrazole rings is 1. The van der Waals surface area contributed by atoms with Gasteiger partial charge in [0.15, 0.2) is 5.82 Å². The van der Waals surface area contributed by atoms with Gasteiger partial charge in [-0.3, -0.25) is 0 Å². The highest BCUT2D eigenvalue weighted by Crippen LogP contribution is 2.28. The average Bonchev–Trinajstić information content (AvgIpc) is 2.80. The number of nitrogen functional groups attached to an aromatic ring is 1. The van der Waals surface area contributed by atoms with Gasteiger partial charge < -0.3 is 10.5 Å². The summed E-state index contributed by atoms with van der Waals surface area (Å²) in [6.07, 6.45) is 0.194. The van der Waals surface area contributed by atoms with Crippen molar-refractivity contribution in [1.29, 1.82) is 0 Å². The van der Waals surface area contributed by atoms with Crippen molar-refractivity contribution in [2.75, 3.05) is 12.3 Å². The number of halogens is 1. The highest BCUT2D eigenvalue weighted by atomic mass is 79.9. The zero-order chi connectivity index (χ0) is 13.8. The Kier molecular flexibility index (Phi) is 4.49. The topological polar surface area (TPSA) is 78.8 Å². The van der Waals surface area contributed by atoms with E-state index in [4.69, 9.17) is 10.5 Å². The Balaban J connectivity index is 2.21. The molecule has 0 saturated heterocycles. The molecular weight excluding hydrogens is 310 g/mol. The van der Waals surface area contributed by atoms with Crippen LogP contribution in [0.2, 0.25) is 0 Å². The van der Waals surface area contributed by atoms with Crippen LogP contribution in [0.5, 0.6) is 0 Å². The predicted molar refractivity (Wildman–Crippen MR) is 76.5 cm³/mol. The molecule has 0 spiro atoms. The van der Waals surface area contributed by atoms with E-state index in [1.807, 2.05) is 32.0 Å². The first-order valence-corrected chi connectivity index (χ1v) is 6.80. The van der Waals surface area contributed by atoms with Gasteiger partial charge in [0.2, 0.25) is 0 Å². The number of rotatable bonds is 5. The van der Waals surface area contributed by atoms with Crippen LogP contribution in [-0.2, 0) is 11.3 Å². The molecule has 0 bridgehead atoms. The van der Waals surface area contributed by atoms with Gasteiger partial charge >= 0.3 is 0 Å². The molecule has 7 heteroatoms. The summed E-state index contributed by atoms with van der Waals surface area (Å²) in [6.45, 7) is 5.15. The van der Waals surface area contributed by atoms with Crippen molar-refractivity contribution in [2.24, 2.45) is 0 Å². The van der Waals surface area contributed by atoms with Crippen molar-refractivity contribution in [2.45, 2.75) is 26.5 Å². The van der Waals surface area contributed by atoms with Crippen LogP contribution in [0.25, 0.3) is 11.4 Å². The number of ether oxygens (including phenoxy) is 1. The largest absolute Gasteiger partial charge is 0.399 e. The molecule has 2 N–H and O–H groups in total. The van der Waals surface area contributed by atoms with E-state index >= 15 is 0 Å². The number of anilines is 1. The van der Waals surface area contributed by atoms with Gasteiger partial charge in [0.25, 0.3) is 0 Å². The Bertz CT molecular complexity index is 555. The third-order valence-electron chi connectivity index (χ3n) is 2.52. The molecule has 0 aliphatic carbocycles. The third-order valence-corrected chi connectivity index (χ3v) is 3.21. The summed E-state index contributed by atoms with van der Waals surface area (Å²) in [6, 6.07) is 5.55. The first-order chi connectivity index (χ1) is 9.08. The molecule has 102 valence electrons. The van der Waals surface area contributed by atoms with Crippen LogP contribution < -0.4 is 5.73 Å². The number of benzene rings is 1. The van der Waals surface area contributed by atoms with E-state index in [0.717, 1.165) is 10.0 Å². The zero-order valence-corrected chi connectivity index (χ0v) is 12.5. The van der Waals surface area contributed by atoms with E-state index in [2.05, 4.69) is 31.5 Å². The summed E-state index contributed by atoms with van der Waals surface area (Å²) in [5.41, 5.74) is 7.34. The van der Waals surface area contributed by atoms with Crippen molar-refractivity contribution in [1.82, 2.24) is 20.2 Å². The van der Waals surface area contributed by atoms with Gasteiger partial charge in [-0.15, -0.1) is 5.10 Å². The fraction of sp³-hybridized carbons (Fsp3) is 0.417. The van der Waals surface area contributed by atoms with Crippen molar-refractivity contribution in [3.63, 3.8) is 0 Å². The maximum Gasteiger partial charge on any atom is 0.183 e. The van der Waals surface area contributed by atoms with Gasteiger partial charge in [-0.25, -0.2) is 4.68 Å². The highest BCUT2D eigenvalue weighted by molar-refractivity contribution is 9.10. The van der Waals surface area contributed by atoms with Crippen molar-refractivity contribution < 1.29 is 4.74 Å². The minimum atomic E-state index is 0.194. The molecule has 0 radical (unpaired) electrons. The molecule has 0 unspecified atom stereocenters. The van der Waals surface area contributed by atoms with Gasteiger partial charge in [0, 0.05) is 15.7 Å². The lowest BCUT2D eigenvalue weighted by Crippen LogP contribution is -2.12. The minimum Gasteiger partial charge on any atom is -0.399 e. The van der Waals surface area contributed by atoms with Crippen LogP contribution in [0.1, 0.15) is 13.8 Å². The van der Waals surface area contributed by atoms with Crippen LogP contribution in [0.4, 0.5) is 5.69 Å². The molecule has 2 aromatic rings. The number of nitrogens with zero attached hydrogens (tertiary/aromatic N) is 4. The second-order valence-electron chi connectivity index (χ2n) is 4.38. The highest BCUT2D eigenvalue weighted by Gasteiger charge is 2.12. The Morgan fingerprint density at radius 2 is 2.21 bits per heavy atom. The lowest BCUT2D eigenvalue weighted by atomic mass is 10.2. The lowest BCUT2D eigenvalue weighted by molar-refractivity contribution is 0.0709. The van der Waals surface area contributed by atoms with Crippen molar-refractivity contribution in [3.05, 3.63) is 22.7 Å². The van der Waals surface area contributed by atoms with E-state index in [9.17, 15) is 0 Å². The first-order valence-electron chi connectivity index (χ1n) is 6.01. The van der Waals surface area contributed by atoms with Gasteiger partial charge in [-0.2, -0.15) is 0 Å². The number of nitrogens with two attached hydrogens (primary N) is 1. The molecular formula is C12H16BrN5O. The number of aromatic nitrogens is 4. The number of hydrogen-bond acceptors (Lipinski definition) is 5. The molecule has 0 aliphatic heterocycles. The monoisotopic (exact) mass is 325 g/mol. The smallest absolute Gasteiger partial charge is 0.183 e. The van der Waals surface area contributed by atoms with E-state index in [0.29, 0.717) is 24.7 Å². The first kappa shape index (κ1) is 14.0. The fourth-order valence-corrected chi connectivity index (χ4v) is 2.06. The molecule has 1 heterocycles. The molecule has 6 nitrogen and oxygen atoms in total. The normalized spacial score (nSPS) is 11.2. The average molecular weight is 326 g/mol. The summed E-state index contributed by atoms with van der Waals surface area (Å²) in [5, 5.41) is 11.7. The maximum atomic E-state index is 5.80. The van der Waals surface area contributed by atoms with Gasteiger partial charge in [0.05, 0.1) is 19.3 Å². The van der Waals surface area contributed by atoms with Crippen LogP contribution >= 0.6 is 15.9 Å². The Hall–Kier alpha value is -1.47. The van der Waals surface area contributed by atoms with Crippen molar-refractivity contribution in [3.8, 4) is 11.4 Å². The molecule has 19 heavy (non-hydrogen) atoms. The molecule has 0 aliphatic rings. The number of hydrogen-bond donors (Lipinski definition) is 1. The molecule has 2 rings (SSSR count). The Labute approximate surface area is 120 Å². The van der Waals surface area contributed by atoms with E-state index < -0.39 is 0 Å². The van der Waals surface area contributed by atoms with E-state index in [1.165, 1.54) is 0 Å². The Morgan fingerprint density at radius 3 is 2.95 bits per heavy atom. The van der Waals surface area contributed by atoms with Gasteiger partial charge in [0.1, 0.15) is 0 Å². The second kappa shape index (κ2) is 6.12. The summed E-state index contributed by atoms with van der Waals surface area (Å²) in [7, 11) is 0. The maximum absolute atomic E-state index is 5.80. The fourth-order valence-electron chi connectivity index (χ4n) is 1.64. The molecule has 1 aromatic heterocycles. The third kappa shape index (κ3) is 3.51. The zero-order valence-electron chi connectivity index (χ0n) is 10.9. The summed E-state index contributed by atoms with van der Waals surface area (Å²) < 4.78 is 8.12. The molecule has 0 saturated carbocycles. The molecule has 0 amide bonds. The molecule has 0 atom stereocenters. The summed E-state index contributed by atoms with van der Waals surface area (Å²) in [5.74, 6) is 0.673. The predicted octanol–water partition coefficient (Wildman–Crippen LogP) is 2.11. The second-order valence-corrected chi connectivity index (χ2v) is 5.24. The minimum absolute atomic E-state index is 0.194. The van der Waals surface area contributed by atoms with Gasteiger partial charge in [-0.05, 0) is 42.5 Å². The lowest BCUT2D eigenvalue weighted by Gasteiger charge is -2.09. The van der Waals surface area contributed by atoms with Crippen LogP contribution in [0.3, 0.4) is 0 Å². The van der Waals surface area contributed by atoms with E-state index in [1.54, 1.807) is 4.68 Å². The van der Waals surface area contributed by atoms with Crippen LogP contribution in [-0.4, -0.2) is 32.9 Å². The Morgan fingerprint density at radius 1 is 1.42 bits per heavy atom.